The molecular weight excluding hydrogens is 222 g/mol. The van der Waals surface area contributed by atoms with Crippen LogP contribution in [0, 0.1) is 5.92 Å². The molecule has 0 amide bonds. The molecule has 3 nitrogen and oxygen atoms in total. The Balaban J connectivity index is 1.71. The molecule has 0 aromatic carbocycles. The molecule has 106 valence electrons. The maximum absolute atomic E-state index is 3.71. The van der Waals surface area contributed by atoms with Crippen LogP contribution < -0.4 is 5.32 Å². The maximum Gasteiger partial charge on any atom is 0.0220 e. The van der Waals surface area contributed by atoms with E-state index >= 15 is 0 Å². The van der Waals surface area contributed by atoms with Gasteiger partial charge in [-0.25, -0.2) is 0 Å². The van der Waals surface area contributed by atoms with Crippen LogP contribution in [0.1, 0.15) is 39.5 Å². The molecule has 0 bridgehead atoms. The molecule has 0 spiro atoms. The van der Waals surface area contributed by atoms with Crippen LogP contribution in [0.5, 0.6) is 0 Å². The molecule has 1 saturated heterocycles. The van der Waals surface area contributed by atoms with E-state index in [0.29, 0.717) is 0 Å². The smallest absolute Gasteiger partial charge is 0.0220 e. The van der Waals surface area contributed by atoms with Gasteiger partial charge < -0.3 is 10.2 Å². The van der Waals surface area contributed by atoms with Crippen molar-refractivity contribution in [3.63, 3.8) is 0 Å². The van der Waals surface area contributed by atoms with Crippen molar-refractivity contribution in [1.29, 1.82) is 0 Å². The molecular formula is C15H31N3. The molecule has 3 heteroatoms. The fourth-order valence-corrected chi connectivity index (χ4v) is 3.17. The predicted octanol–water partition coefficient (Wildman–Crippen LogP) is 1.79. The summed E-state index contributed by atoms with van der Waals surface area (Å²) in [4.78, 5) is 5.20. The van der Waals surface area contributed by atoms with E-state index in [1.165, 1.54) is 51.9 Å². The maximum atomic E-state index is 3.71. The van der Waals surface area contributed by atoms with Crippen molar-refractivity contribution in [2.45, 2.75) is 51.6 Å². The second-order valence-electron chi connectivity index (χ2n) is 6.29. The van der Waals surface area contributed by atoms with Crippen LogP contribution in [0.4, 0.5) is 0 Å². The summed E-state index contributed by atoms with van der Waals surface area (Å²) in [6.07, 6.45) is 5.49. The molecule has 18 heavy (non-hydrogen) atoms. The highest BCUT2D eigenvalue weighted by atomic mass is 15.2. The van der Waals surface area contributed by atoms with Crippen LogP contribution in [0.15, 0.2) is 0 Å². The molecule has 2 rings (SSSR count). The third-order valence-electron chi connectivity index (χ3n) is 4.69. The quantitative estimate of drug-likeness (QED) is 0.778. The molecule has 1 aliphatic heterocycles. The van der Waals surface area contributed by atoms with Gasteiger partial charge >= 0.3 is 0 Å². The first-order valence-corrected chi connectivity index (χ1v) is 7.86. The highest BCUT2D eigenvalue weighted by Gasteiger charge is 2.27. The zero-order valence-corrected chi connectivity index (χ0v) is 12.5. The van der Waals surface area contributed by atoms with E-state index in [4.69, 9.17) is 0 Å². The molecule has 2 aliphatic rings. The minimum Gasteiger partial charge on any atom is -0.313 e. The minimum atomic E-state index is 0.736. The zero-order chi connectivity index (χ0) is 13.0. The predicted molar refractivity (Wildman–Crippen MR) is 78.0 cm³/mol. The normalized spacial score (nSPS) is 29.2. The van der Waals surface area contributed by atoms with Crippen LogP contribution in [-0.2, 0) is 0 Å². The summed E-state index contributed by atoms with van der Waals surface area (Å²) < 4.78 is 0. The van der Waals surface area contributed by atoms with E-state index in [1.807, 2.05) is 0 Å². The molecule has 0 aromatic rings. The Labute approximate surface area is 113 Å². The zero-order valence-electron chi connectivity index (χ0n) is 12.5. The molecule has 1 aliphatic carbocycles. The van der Waals surface area contributed by atoms with Crippen molar-refractivity contribution in [3.05, 3.63) is 0 Å². The molecule has 2 atom stereocenters. The monoisotopic (exact) mass is 253 g/mol. The van der Waals surface area contributed by atoms with Crippen LogP contribution in [0.25, 0.3) is 0 Å². The van der Waals surface area contributed by atoms with Gasteiger partial charge in [-0.05, 0) is 58.7 Å². The first-order chi connectivity index (χ1) is 8.70. The highest BCUT2D eigenvalue weighted by molar-refractivity contribution is 4.84. The van der Waals surface area contributed by atoms with Gasteiger partial charge in [0.2, 0.25) is 0 Å². The van der Waals surface area contributed by atoms with E-state index in [-0.39, 0.29) is 0 Å². The van der Waals surface area contributed by atoms with Crippen molar-refractivity contribution in [1.82, 2.24) is 15.1 Å². The summed E-state index contributed by atoms with van der Waals surface area (Å²) in [5, 5.41) is 3.71. The molecule has 1 saturated carbocycles. The average molecular weight is 253 g/mol. The summed E-state index contributed by atoms with van der Waals surface area (Å²) >= 11 is 0. The Bertz CT molecular complexity index is 240. The number of nitrogens with zero attached hydrogens (tertiary/aromatic N) is 2. The van der Waals surface area contributed by atoms with Crippen molar-refractivity contribution < 1.29 is 0 Å². The second kappa shape index (κ2) is 6.88. The van der Waals surface area contributed by atoms with E-state index in [1.54, 1.807) is 0 Å². The number of nitrogens with one attached hydrogen (secondary N) is 1. The van der Waals surface area contributed by atoms with Crippen molar-refractivity contribution in [3.8, 4) is 0 Å². The van der Waals surface area contributed by atoms with Crippen LogP contribution >= 0.6 is 0 Å². The van der Waals surface area contributed by atoms with Gasteiger partial charge in [-0.1, -0.05) is 6.92 Å². The summed E-state index contributed by atoms with van der Waals surface area (Å²) in [6.45, 7) is 10.9. The molecule has 0 aromatic heterocycles. The fraction of sp³-hybridized carbons (Fsp3) is 1.00. The second-order valence-corrected chi connectivity index (χ2v) is 6.29. The van der Waals surface area contributed by atoms with Crippen LogP contribution in [0.2, 0.25) is 0 Å². The summed E-state index contributed by atoms with van der Waals surface area (Å²) in [7, 11) is 2.26. The Morgan fingerprint density at radius 1 is 1.28 bits per heavy atom. The molecule has 2 unspecified atom stereocenters. The Morgan fingerprint density at radius 2 is 2.06 bits per heavy atom. The standard InChI is InChI=1S/C15H31N3/c1-4-15-12-17(3)9-5-10-18(15)11-8-16-13(2)14-6-7-14/h13-16H,4-12H2,1-3H3. The number of hydrogen-bond donors (Lipinski definition) is 1. The van der Waals surface area contributed by atoms with E-state index in [0.717, 1.165) is 24.5 Å². The SMILES string of the molecule is CCC1CN(C)CCCN1CCNC(C)C1CC1. The molecule has 1 N–H and O–H groups in total. The van der Waals surface area contributed by atoms with Crippen molar-refractivity contribution in [2.24, 2.45) is 5.92 Å². The number of hydrogen-bond acceptors (Lipinski definition) is 3. The highest BCUT2D eigenvalue weighted by Crippen LogP contribution is 2.32. The van der Waals surface area contributed by atoms with Crippen LogP contribution in [-0.4, -0.2) is 61.7 Å². The van der Waals surface area contributed by atoms with E-state index in [2.05, 4.69) is 36.0 Å². The Kier molecular flexibility index (Phi) is 5.46. The summed E-state index contributed by atoms with van der Waals surface area (Å²) in [5.41, 5.74) is 0. The van der Waals surface area contributed by atoms with Gasteiger partial charge in [0.05, 0.1) is 0 Å². The van der Waals surface area contributed by atoms with Crippen molar-refractivity contribution >= 4 is 0 Å². The van der Waals surface area contributed by atoms with Gasteiger partial charge in [0, 0.05) is 31.7 Å². The van der Waals surface area contributed by atoms with Gasteiger partial charge in [0.15, 0.2) is 0 Å². The van der Waals surface area contributed by atoms with Gasteiger partial charge in [-0.15, -0.1) is 0 Å². The lowest BCUT2D eigenvalue weighted by Crippen LogP contribution is -2.44. The van der Waals surface area contributed by atoms with Gasteiger partial charge in [-0.3, -0.25) is 4.90 Å². The number of likely N-dealkylation sites (N-methyl/N-ethyl adjacent to an activating group) is 1. The van der Waals surface area contributed by atoms with Crippen LogP contribution in [0.3, 0.4) is 0 Å². The first kappa shape index (κ1) is 14.3. The third kappa shape index (κ3) is 4.22. The number of rotatable bonds is 6. The average Bonchev–Trinajstić information content (AvgIpc) is 3.17. The van der Waals surface area contributed by atoms with Gasteiger partial charge in [0.1, 0.15) is 0 Å². The lowest BCUT2D eigenvalue weighted by molar-refractivity contribution is 0.182. The summed E-state index contributed by atoms with van der Waals surface area (Å²) in [6, 6.07) is 1.50. The third-order valence-corrected chi connectivity index (χ3v) is 4.69. The van der Waals surface area contributed by atoms with Crippen molar-refractivity contribution in [2.75, 3.05) is 39.8 Å². The molecule has 0 radical (unpaired) electrons. The Morgan fingerprint density at radius 3 is 2.72 bits per heavy atom. The first-order valence-electron chi connectivity index (χ1n) is 7.86. The van der Waals surface area contributed by atoms with Gasteiger partial charge in [-0.2, -0.15) is 0 Å². The lowest BCUT2D eigenvalue weighted by atomic mass is 10.2. The Hall–Kier alpha value is -0.120. The van der Waals surface area contributed by atoms with E-state index in [9.17, 15) is 0 Å². The largest absolute Gasteiger partial charge is 0.313 e. The topological polar surface area (TPSA) is 18.5 Å². The summed E-state index contributed by atoms with van der Waals surface area (Å²) in [5.74, 6) is 0.974. The molecule has 2 fully saturated rings. The fourth-order valence-electron chi connectivity index (χ4n) is 3.17. The lowest BCUT2D eigenvalue weighted by Gasteiger charge is -2.30. The van der Waals surface area contributed by atoms with Gasteiger partial charge in [0.25, 0.3) is 0 Å². The molecule has 1 heterocycles. The minimum absolute atomic E-state index is 0.736. The van der Waals surface area contributed by atoms with E-state index < -0.39 is 0 Å².